The van der Waals surface area contributed by atoms with Gasteiger partial charge in [-0.1, -0.05) is 15.9 Å². The molecule has 24 heavy (non-hydrogen) atoms. The highest BCUT2D eigenvalue weighted by Gasteiger charge is 2.65. The topological polar surface area (TPSA) is 85.6 Å². The van der Waals surface area contributed by atoms with Crippen molar-refractivity contribution in [3.63, 3.8) is 0 Å². The Labute approximate surface area is 149 Å². The second-order valence-electron chi connectivity index (χ2n) is 6.68. The molecule has 9 heteroatoms. The van der Waals surface area contributed by atoms with Crippen LogP contribution in [0.15, 0.2) is 22.7 Å². The number of nitrogens with zero attached hydrogens (tertiary/aromatic N) is 1. The minimum absolute atomic E-state index is 0.0396. The SMILES string of the molecule is N#CB1C2(COS1(=O)=O)CC1(CCCOC1)Oc1ccc(Br)cc12. The molecule has 0 N–H and O–H groups in total. The zero-order valence-electron chi connectivity index (χ0n) is 12.8. The number of fused-ring (bicyclic) bond motifs is 2. The summed E-state index contributed by atoms with van der Waals surface area (Å²) in [5, 5.41) is 8.67. The second-order valence-corrected chi connectivity index (χ2v) is 9.29. The third-order valence-corrected chi connectivity index (χ3v) is 7.19. The molecule has 3 heterocycles. The van der Waals surface area contributed by atoms with Gasteiger partial charge in [0.1, 0.15) is 11.4 Å². The van der Waals surface area contributed by atoms with Crippen LogP contribution in [0.1, 0.15) is 24.8 Å². The van der Waals surface area contributed by atoms with E-state index in [2.05, 4.69) is 15.9 Å². The standard InChI is InChI=1S/C15H15BBrNO5S/c17-11-2-3-13-12(6-11)15(9-22-24(19,20)16(15)10-18)7-14(23-13)4-1-5-21-8-14/h2-3,6H,1,4-5,7-9H2. The lowest BCUT2D eigenvalue weighted by Gasteiger charge is -2.48. The minimum Gasteiger partial charge on any atom is -0.485 e. The molecule has 2 saturated heterocycles. The molecular weight excluding hydrogens is 397 g/mol. The van der Waals surface area contributed by atoms with E-state index in [1.165, 1.54) is 0 Å². The van der Waals surface area contributed by atoms with E-state index in [1.54, 1.807) is 0 Å². The van der Waals surface area contributed by atoms with Gasteiger partial charge in [0.2, 0.25) is 9.97 Å². The highest BCUT2D eigenvalue weighted by Crippen LogP contribution is 2.52. The molecule has 0 saturated carbocycles. The van der Waals surface area contributed by atoms with Crippen molar-refractivity contribution in [3.05, 3.63) is 28.2 Å². The van der Waals surface area contributed by atoms with E-state index in [1.807, 2.05) is 24.2 Å². The minimum atomic E-state index is -3.93. The van der Waals surface area contributed by atoms with Crippen molar-refractivity contribution in [1.82, 2.24) is 0 Å². The predicted molar refractivity (Wildman–Crippen MR) is 90.1 cm³/mol. The highest BCUT2D eigenvalue weighted by molar-refractivity contribution is 9.10. The molecule has 6 nitrogen and oxygen atoms in total. The zero-order chi connectivity index (χ0) is 17.0. The number of nitriles is 1. The molecule has 126 valence electrons. The van der Waals surface area contributed by atoms with E-state index < -0.39 is 26.9 Å². The lowest BCUT2D eigenvalue weighted by molar-refractivity contribution is -0.0891. The van der Waals surface area contributed by atoms with Crippen LogP contribution in [0.5, 0.6) is 5.75 Å². The van der Waals surface area contributed by atoms with Crippen molar-refractivity contribution < 1.29 is 22.1 Å². The molecule has 2 spiro atoms. The van der Waals surface area contributed by atoms with Crippen molar-refractivity contribution >= 4 is 31.9 Å². The molecule has 0 aliphatic carbocycles. The van der Waals surface area contributed by atoms with E-state index in [-0.39, 0.29) is 6.61 Å². The summed E-state index contributed by atoms with van der Waals surface area (Å²) in [6, 6.07) is 5.50. The fourth-order valence-corrected chi connectivity index (χ4v) is 5.96. The quantitative estimate of drug-likeness (QED) is 0.606. The molecule has 1 aromatic carbocycles. The van der Waals surface area contributed by atoms with Gasteiger partial charge in [-0.3, -0.25) is 4.18 Å². The van der Waals surface area contributed by atoms with Crippen LogP contribution in [0.3, 0.4) is 0 Å². The van der Waals surface area contributed by atoms with Gasteiger partial charge in [0.25, 0.3) is 0 Å². The first-order valence-corrected chi connectivity index (χ1v) is 10.0. The van der Waals surface area contributed by atoms with Gasteiger partial charge in [-0.05, 0) is 43.0 Å². The van der Waals surface area contributed by atoms with Crippen molar-refractivity contribution in [3.8, 4) is 11.7 Å². The Morgan fingerprint density at radius 2 is 2.17 bits per heavy atom. The van der Waals surface area contributed by atoms with Crippen LogP contribution in [0.4, 0.5) is 0 Å². The van der Waals surface area contributed by atoms with Gasteiger partial charge >= 0.3 is 5.99 Å². The smallest absolute Gasteiger partial charge is 0.456 e. The van der Waals surface area contributed by atoms with Crippen LogP contribution < -0.4 is 4.74 Å². The van der Waals surface area contributed by atoms with Crippen molar-refractivity contribution in [1.29, 1.82) is 5.26 Å². The van der Waals surface area contributed by atoms with Crippen molar-refractivity contribution in [2.45, 2.75) is 30.2 Å². The van der Waals surface area contributed by atoms with Gasteiger partial charge in [0.15, 0.2) is 0 Å². The maximum Gasteiger partial charge on any atom is 0.456 e. The molecule has 0 aromatic heterocycles. The summed E-state index contributed by atoms with van der Waals surface area (Å²) in [5.74, 6) is 1.33. The normalized spacial score (nSPS) is 33.9. The van der Waals surface area contributed by atoms with Gasteiger partial charge in [0, 0.05) is 22.4 Å². The maximum absolute atomic E-state index is 12.3. The molecule has 0 radical (unpaired) electrons. The number of benzene rings is 1. The molecule has 0 amide bonds. The van der Waals surface area contributed by atoms with Gasteiger partial charge < -0.3 is 9.47 Å². The first-order chi connectivity index (χ1) is 11.4. The van der Waals surface area contributed by atoms with Crippen molar-refractivity contribution in [2.24, 2.45) is 0 Å². The number of hydrogen-bond acceptors (Lipinski definition) is 6. The van der Waals surface area contributed by atoms with E-state index in [4.69, 9.17) is 13.7 Å². The van der Waals surface area contributed by atoms with Crippen LogP contribution in [0.2, 0.25) is 0 Å². The summed E-state index contributed by atoms with van der Waals surface area (Å²) in [6.07, 6.45) is 2.00. The monoisotopic (exact) mass is 411 g/mol. The molecule has 0 bridgehead atoms. The zero-order valence-corrected chi connectivity index (χ0v) is 15.2. The first-order valence-electron chi connectivity index (χ1n) is 7.76. The fourth-order valence-electron chi connectivity index (χ4n) is 4.12. The number of halogens is 1. The fraction of sp³-hybridized carbons (Fsp3) is 0.533. The lowest BCUT2D eigenvalue weighted by atomic mass is 9.45. The Hall–Kier alpha value is -1.08. The average molecular weight is 412 g/mol. The Kier molecular flexibility index (Phi) is 3.73. The van der Waals surface area contributed by atoms with Crippen LogP contribution in [0.25, 0.3) is 0 Å². The maximum atomic E-state index is 12.3. The van der Waals surface area contributed by atoms with Gasteiger partial charge in [0.05, 0.1) is 13.2 Å². The van der Waals surface area contributed by atoms with E-state index >= 15 is 0 Å². The molecule has 2 unspecified atom stereocenters. The van der Waals surface area contributed by atoms with Crippen LogP contribution in [-0.4, -0.2) is 39.8 Å². The Morgan fingerprint density at radius 3 is 2.88 bits per heavy atom. The average Bonchev–Trinajstić information content (AvgIpc) is 2.80. The largest absolute Gasteiger partial charge is 0.485 e. The Balaban J connectivity index is 1.92. The van der Waals surface area contributed by atoms with E-state index in [0.29, 0.717) is 30.9 Å². The highest BCUT2D eigenvalue weighted by atomic mass is 79.9. The third kappa shape index (κ3) is 2.31. The summed E-state index contributed by atoms with van der Waals surface area (Å²) in [4.78, 5) is 0. The third-order valence-electron chi connectivity index (χ3n) is 5.12. The second kappa shape index (κ2) is 5.46. The van der Waals surface area contributed by atoms with Gasteiger partial charge in [-0.25, -0.2) is 13.7 Å². The molecule has 3 aliphatic rings. The van der Waals surface area contributed by atoms with Gasteiger partial charge in [-0.15, -0.1) is 0 Å². The molecular formula is C15H15BBrNO5S. The molecule has 2 atom stereocenters. The van der Waals surface area contributed by atoms with E-state index in [9.17, 15) is 13.7 Å². The van der Waals surface area contributed by atoms with E-state index in [0.717, 1.165) is 17.3 Å². The molecule has 1 aromatic rings. The molecule has 4 rings (SSSR count). The first kappa shape index (κ1) is 16.4. The number of ether oxygens (including phenoxy) is 2. The Bertz CT molecular complexity index is 833. The van der Waals surface area contributed by atoms with Crippen molar-refractivity contribution in [2.75, 3.05) is 19.8 Å². The summed E-state index contributed by atoms with van der Waals surface area (Å²) in [6.45, 7) is 1.02. The summed E-state index contributed by atoms with van der Waals surface area (Å²) in [7, 11) is -3.93. The van der Waals surface area contributed by atoms with Crippen LogP contribution >= 0.6 is 15.9 Å². The summed E-state index contributed by atoms with van der Waals surface area (Å²) >= 11 is 3.43. The van der Waals surface area contributed by atoms with Gasteiger partial charge in [-0.2, -0.15) is 0 Å². The van der Waals surface area contributed by atoms with Crippen LogP contribution in [0, 0.1) is 11.2 Å². The Morgan fingerprint density at radius 1 is 1.33 bits per heavy atom. The number of rotatable bonds is 0. The molecule has 2 fully saturated rings. The summed E-state index contributed by atoms with van der Waals surface area (Å²) in [5.41, 5.74) is 0.0953. The lowest BCUT2D eigenvalue weighted by Crippen LogP contribution is -2.58. The number of hydrogen-bond donors (Lipinski definition) is 0. The van der Waals surface area contributed by atoms with Crippen LogP contribution in [-0.2, 0) is 24.2 Å². The summed E-state index contributed by atoms with van der Waals surface area (Å²) < 4.78 is 42.4. The molecule has 3 aliphatic heterocycles. The predicted octanol–water partition coefficient (Wildman–Crippen LogP) is 1.97.